The van der Waals surface area contributed by atoms with Crippen LogP contribution >= 0.6 is 0 Å². The maximum atomic E-state index is 12.6. The Hall–Kier alpha value is -1.12. The van der Waals surface area contributed by atoms with Crippen molar-refractivity contribution in [2.24, 2.45) is 46.3 Å². The van der Waals surface area contributed by atoms with Crippen LogP contribution in [0.25, 0.3) is 0 Å². The highest BCUT2D eigenvalue weighted by molar-refractivity contribution is 5.96. The predicted molar refractivity (Wildman–Crippen MR) is 129 cm³/mol. The number of rotatable bonds is 6. The van der Waals surface area contributed by atoms with Crippen LogP contribution < -0.4 is 0 Å². The number of carbonyl (C=O) groups excluding carboxylic acids is 2. The minimum atomic E-state index is -0.578. The van der Waals surface area contributed by atoms with Crippen molar-refractivity contribution in [3.63, 3.8) is 0 Å². The number of esters is 1. The van der Waals surface area contributed by atoms with E-state index in [1.807, 2.05) is 6.08 Å². The standard InChI is InChI=1S/C29H46O3/c1-18(2)8-7-9-19(3)23-12-13-24-22-11-10-21-16-26(31)27(32-20(4)30)17-29(21,6)25(22)14-15-28(23,24)5/h16,18-19,22-25,27H,7-15,17H2,1-6H3/t19-,22+,23-,24+,25+,27?,28-,29+/m1/s1. The largest absolute Gasteiger partial charge is 0.454 e. The molecular weight excluding hydrogens is 396 g/mol. The molecule has 0 aromatic heterocycles. The number of fused-ring (bicyclic) bond motifs is 5. The van der Waals surface area contributed by atoms with E-state index in [0.717, 1.165) is 36.0 Å². The zero-order valence-electron chi connectivity index (χ0n) is 21.4. The number of ketones is 1. The summed E-state index contributed by atoms with van der Waals surface area (Å²) in [7, 11) is 0. The van der Waals surface area contributed by atoms with Gasteiger partial charge in [-0.25, -0.2) is 0 Å². The third-order valence-electron chi connectivity index (χ3n) is 10.5. The van der Waals surface area contributed by atoms with Crippen molar-refractivity contribution >= 4 is 11.8 Å². The molecule has 0 aliphatic heterocycles. The van der Waals surface area contributed by atoms with Gasteiger partial charge in [0.1, 0.15) is 0 Å². The van der Waals surface area contributed by atoms with Crippen LogP contribution in [-0.2, 0) is 14.3 Å². The van der Waals surface area contributed by atoms with Gasteiger partial charge in [-0.1, -0.05) is 59.5 Å². The quantitative estimate of drug-likeness (QED) is 0.411. The van der Waals surface area contributed by atoms with Crippen LogP contribution in [0.1, 0.15) is 106 Å². The van der Waals surface area contributed by atoms with Crippen molar-refractivity contribution in [2.45, 2.75) is 112 Å². The molecule has 0 bridgehead atoms. The van der Waals surface area contributed by atoms with Gasteiger partial charge in [0.25, 0.3) is 0 Å². The van der Waals surface area contributed by atoms with Gasteiger partial charge >= 0.3 is 5.97 Å². The molecule has 4 aliphatic rings. The Labute approximate surface area is 196 Å². The molecule has 0 heterocycles. The molecule has 0 saturated heterocycles. The molecule has 0 spiro atoms. The Morgan fingerprint density at radius 1 is 1.09 bits per heavy atom. The lowest BCUT2D eigenvalue weighted by atomic mass is 9.46. The molecule has 1 unspecified atom stereocenters. The van der Waals surface area contributed by atoms with E-state index >= 15 is 0 Å². The third kappa shape index (κ3) is 4.11. The minimum absolute atomic E-state index is 0.00271. The summed E-state index contributed by atoms with van der Waals surface area (Å²) in [5, 5.41) is 0. The highest BCUT2D eigenvalue weighted by Gasteiger charge is 2.60. The Bertz CT molecular complexity index is 766. The van der Waals surface area contributed by atoms with E-state index in [1.54, 1.807) is 0 Å². The lowest BCUT2D eigenvalue weighted by Crippen LogP contribution is -2.53. The second-order valence-electron chi connectivity index (χ2n) is 12.7. The monoisotopic (exact) mass is 442 g/mol. The fraction of sp³-hybridized carbons (Fsp3) is 0.862. The molecule has 4 aliphatic carbocycles. The van der Waals surface area contributed by atoms with Crippen LogP contribution in [0.15, 0.2) is 11.6 Å². The molecule has 0 amide bonds. The van der Waals surface area contributed by atoms with Crippen molar-refractivity contribution in [3.05, 3.63) is 11.6 Å². The Morgan fingerprint density at radius 2 is 1.84 bits per heavy atom. The first kappa shape index (κ1) is 24.0. The smallest absolute Gasteiger partial charge is 0.303 e. The van der Waals surface area contributed by atoms with Gasteiger partial charge in [-0.15, -0.1) is 0 Å². The summed E-state index contributed by atoms with van der Waals surface area (Å²) in [4.78, 5) is 24.2. The summed E-state index contributed by atoms with van der Waals surface area (Å²) in [6, 6.07) is 0. The summed E-state index contributed by atoms with van der Waals surface area (Å²) in [6.45, 7) is 13.6. The van der Waals surface area contributed by atoms with Crippen LogP contribution in [0.5, 0.6) is 0 Å². The number of carbonyl (C=O) groups is 2. The molecule has 4 rings (SSSR count). The lowest BCUT2D eigenvalue weighted by molar-refractivity contribution is -0.156. The summed E-state index contributed by atoms with van der Waals surface area (Å²) < 4.78 is 5.47. The van der Waals surface area contributed by atoms with Gasteiger partial charge in [0.05, 0.1) is 0 Å². The lowest BCUT2D eigenvalue weighted by Gasteiger charge is -2.59. The van der Waals surface area contributed by atoms with E-state index in [9.17, 15) is 9.59 Å². The molecule has 0 aromatic rings. The summed E-state index contributed by atoms with van der Waals surface area (Å²) in [5.41, 5.74) is 1.84. The number of hydrogen-bond acceptors (Lipinski definition) is 3. The van der Waals surface area contributed by atoms with Gasteiger partial charge in [0.2, 0.25) is 0 Å². The van der Waals surface area contributed by atoms with E-state index in [2.05, 4.69) is 34.6 Å². The molecule has 0 N–H and O–H groups in total. The fourth-order valence-corrected chi connectivity index (χ4v) is 8.92. The van der Waals surface area contributed by atoms with Crippen LogP contribution in [-0.4, -0.2) is 17.9 Å². The normalized spacial score (nSPS) is 42.0. The molecule has 32 heavy (non-hydrogen) atoms. The molecule has 0 aromatic carbocycles. The average molecular weight is 443 g/mol. The van der Waals surface area contributed by atoms with E-state index in [1.165, 1.54) is 63.9 Å². The topological polar surface area (TPSA) is 43.4 Å². The summed E-state index contributed by atoms with van der Waals surface area (Å²) >= 11 is 0. The first-order chi connectivity index (χ1) is 15.1. The van der Waals surface area contributed by atoms with Crippen molar-refractivity contribution < 1.29 is 14.3 Å². The Morgan fingerprint density at radius 3 is 2.53 bits per heavy atom. The molecule has 3 heteroatoms. The zero-order valence-corrected chi connectivity index (χ0v) is 21.4. The molecule has 180 valence electrons. The van der Waals surface area contributed by atoms with Crippen molar-refractivity contribution in [1.82, 2.24) is 0 Å². The fourth-order valence-electron chi connectivity index (χ4n) is 8.92. The SMILES string of the molecule is CC(=O)OC1C[C@@]2(C)C(=CC1=O)CC[C@H]1[C@@H]3CC[C@H]([C@H](C)CCCC(C)C)[C@@]3(C)CC[C@@H]12. The van der Waals surface area contributed by atoms with E-state index in [-0.39, 0.29) is 17.2 Å². The van der Waals surface area contributed by atoms with E-state index in [0.29, 0.717) is 17.8 Å². The summed E-state index contributed by atoms with van der Waals surface area (Å²) in [6.07, 6.45) is 13.8. The zero-order chi connectivity index (χ0) is 23.3. The van der Waals surface area contributed by atoms with Crippen LogP contribution in [0, 0.1) is 46.3 Å². The second kappa shape index (κ2) is 8.91. The van der Waals surface area contributed by atoms with Gasteiger partial charge in [0.15, 0.2) is 11.9 Å². The maximum absolute atomic E-state index is 12.6. The molecule has 3 saturated carbocycles. The molecule has 3 nitrogen and oxygen atoms in total. The minimum Gasteiger partial charge on any atom is -0.454 e. The second-order valence-corrected chi connectivity index (χ2v) is 12.7. The van der Waals surface area contributed by atoms with Gasteiger partial charge in [0, 0.05) is 13.3 Å². The Balaban J connectivity index is 1.51. The van der Waals surface area contributed by atoms with E-state index in [4.69, 9.17) is 4.74 Å². The van der Waals surface area contributed by atoms with Gasteiger partial charge in [-0.05, 0) is 90.9 Å². The van der Waals surface area contributed by atoms with Crippen LogP contribution in [0.3, 0.4) is 0 Å². The molecule has 8 atom stereocenters. The molecule has 3 fully saturated rings. The van der Waals surface area contributed by atoms with Crippen molar-refractivity contribution in [1.29, 1.82) is 0 Å². The highest BCUT2D eigenvalue weighted by atomic mass is 16.5. The van der Waals surface area contributed by atoms with Crippen molar-refractivity contribution in [3.8, 4) is 0 Å². The summed E-state index contributed by atoms with van der Waals surface area (Å²) in [5.74, 6) is 4.38. The first-order valence-corrected chi connectivity index (χ1v) is 13.5. The number of allylic oxidation sites excluding steroid dienone is 1. The van der Waals surface area contributed by atoms with Crippen LogP contribution in [0.4, 0.5) is 0 Å². The van der Waals surface area contributed by atoms with Gasteiger partial charge < -0.3 is 4.74 Å². The van der Waals surface area contributed by atoms with Gasteiger partial charge in [-0.2, -0.15) is 0 Å². The van der Waals surface area contributed by atoms with Gasteiger partial charge in [-0.3, -0.25) is 9.59 Å². The maximum Gasteiger partial charge on any atom is 0.303 e. The Kier molecular flexibility index (Phi) is 6.69. The number of ether oxygens (including phenoxy) is 1. The van der Waals surface area contributed by atoms with Crippen molar-refractivity contribution in [2.75, 3.05) is 0 Å². The third-order valence-corrected chi connectivity index (χ3v) is 10.5. The average Bonchev–Trinajstić information content (AvgIpc) is 3.05. The number of hydrogen-bond donors (Lipinski definition) is 0. The molecule has 0 radical (unpaired) electrons. The first-order valence-electron chi connectivity index (χ1n) is 13.5. The highest BCUT2D eigenvalue weighted by Crippen LogP contribution is 2.67. The predicted octanol–water partition coefficient (Wildman–Crippen LogP) is 7.14. The molecular formula is C29H46O3. The van der Waals surface area contributed by atoms with Crippen LogP contribution in [0.2, 0.25) is 0 Å². The van der Waals surface area contributed by atoms with E-state index < -0.39 is 6.10 Å².